The van der Waals surface area contributed by atoms with Crippen molar-refractivity contribution in [3.8, 4) is 0 Å². The monoisotopic (exact) mass is 855 g/mol. The molecule has 346 valence electrons. The third-order valence-corrected chi connectivity index (χ3v) is 10.3. The van der Waals surface area contributed by atoms with Gasteiger partial charge in [-0.25, -0.2) is 4.79 Å². The Morgan fingerprint density at radius 3 is 1.73 bits per heavy atom. The molecule has 0 aliphatic carbocycles. The van der Waals surface area contributed by atoms with Gasteiger partial charge in [-0.05, 0) is 57.3 Å². The second-order valence-corrected chi connectivity index (χ2v) is 17.7. The summed E-state index contributed by atoms with van der Waals surface area (Å²) in [6.07, 6.45) is 6.73. The molecule has 0 saturated carbocycles. The molecular formula is C43H78N6O11. The zero-order chi connectivity index (χ0) is 45.5. The lowest BCUT2D eigenvalue weighted by Crippen LogP contribution is -2.64. The number of hydrogen-bond acceptors (Lipinski definition) is 11. The summed E-state index contributed by atoms with van der Waals surface area (Å²) in [6, 6.07) is -8.63. The fraction of sp³-hybridized carbons (Fsp3) is 0.837. The van der Waals surface area contributed by atoms with Crippen LogP contribution in [0.2, 0.25) is 0 Å². The van der Waals surface area contributed by atoms with E-state index in [1.54, 1.807) is 0 Å². The van der Waals surface area contributed by atoms with Crippen molar-refractivity contribution in [3.63, 3.8) is 0 Å². The number of rotatable bonds is 23. The lowest BCUT2D eigenvalue weighted by molar-refractivity contribution is -0.156. The van der Waals surface area contributed by atoms with E-state index in [0.717, 1.165) is 25.7 Å². The van der Waals surface area contributed by atoms with Crippen LogP contribution in [0.4, 0.5) is 0 Å². The van der Waals surface area contributed by atoms with Crippen LogP contribution in [0.1, 0.15) is 152 Å². The van der Waals surface area contributed by atoms with E-state index >= 15 is 0 Å². The van der Waals surface area contributed by atoms with Gasteiger partial charge in [0.05, 0.1) is 25.2 Å². The van der Waals surface area contributed by atoms with Crippen LogP contribution < -0.4 is 31.9 Å². The maximum Gasteiger partial charge on any atom is 0.328 e. The lowest BCUT2D eigenvalue weighted by Gasteiger charge is -2.31. The minimum Gasteiger partial charge on any atom is -0.458 e. The highest BCUT2D eigenvalue weighted by Crippen LogP contribution is 2.16. The highest BCUT2D eigenvalue weighted by molar-refractivity contribution is 5.97. The second-order valence-electron chi connectivity index (χ2n) is 17.7. The SMILES string of the molecule is CCCCCCCCCCC[C@H](O)CC(=O)N[C@H](CC(C)C)C(=O)N[C@@H]1C(=O)N[C@H](CO)C(=O)N[C@@H]([C@H](C)O)C(=O)N[C@@H](CC(C)C)C(=O)N[C@H](CC(C)C)C(=O)O[C@H]1C. The van der Waals surface area contributed by atoms with Gasteiger partial charge < -0.3 is 52.0 Å². The first-order valence-corrected chi connectivity index (χ1v) is 22.2. The van der Waals surface area contributed by atoms with Crippen molar-refractivity contribution in [3.05, 3.63) is 0 Å². The number of aliphatic hydroxyl groups excluding tert-OH is 3. The van der Waals surface area contributed by atoms with Gasteiger partial charge in [-0.1, -0.05) is 106 Å². The molecule has 6 amide bonds. The number of aliphatic hydroxyl groups is 3. The molecule has 1 heterocycles. The lowest BCUT2D eigenvalue weighted by atomic mass is 9.99. The highest BCUT2D eigenvalue weighted by Gasteiger charge is 2.39. The van der Waals surface area contributed by atoms with E-state index in [2.05, 4.69) is 38.8 Å². The standard InChI is InChI=1S/C43H78N6O11/c1-10-11-12-13-14-15-16-17-18-19-30(52)23-35(53)44-31(20-25(2)3)39(55)49-37-29(9)60-43(59)33(22-27(6)7)46-38(54)32(21-26(4)5)45-41(57)36(28(8)51)48-40(56)34(24-50)47-42(37)58/h25-34,36-37,50-52H,10-24H2,1-9H3,(H,44,53)(H,45,57)(H,46,54)(H,47,58)(H,48,56)(H,49,55)/t28-,29-,30-,31+,32-,33+,34+,36-,37-/m0/s1. The van der Waals surface area contributed by atoms with Gasteiger partial charge in [-0.2, -0.15) is 0 Å². The summed E-state index contributed by atoms with van der Waals surface area (Å²) in [5, 5.41) is 46.4. The molecule has 0 aromatic carbocycles. The number of cyclic esters (lactones) is 1. The molecule has 1 fully saturated rings. The average molecular weight is 855 g/mol. The third-order valence-electron chi connectivity index (χ3n) is 10.3. The second kappa shape index (κ2) is 28.7. The Kier molecular flexibility index (Phi) is 25.9. The Labute approximate surface area is 357 Å². The maximum atomic E-state index is 13.9. The average Bonchev–Trinajstić information content (AvgIpc) is 3.14. The Morgan fingerprint density at radius 2 is 1.20 bits per heavy atom. The first-order valence-electron chi connectivity index (χ1n) is 22.2. The summed E-state index contributed by atoms with van der Waals surface area (Å²) in [5.41, 5.74) is 0. The molecule has 17 heteroatoms. The fourth-order valence-corrected chi connectivity index (χ4v) is 6.98. The van der Waals surface area contributed by atoms with E-state index < -0.39 is 103 Å². The smallest absolute Gasteiger partial charge is 0.328 e. The molecule has 0 aromatic heterocycles. The molecule has 9 atom stereocenters. The van der Waals surface area contributed by atoms with Crippen molar-refractivity contribution in [1.29, 1.82) is 0 Å². The first kappa shape index (κ1) is 54.2. The maximum absolute atomic E-state index is 13.9. The van der Waals surface area contributed by atoms with Crippen LogP contribution in [0.5, 0.6) is 0 Å². The molecule has 17 nitrogen and oxygen atoms in total. The molecule has 1 rings (SSSR count). The van der Waals surface area contributed by atoms with Crippen LogP contribution in [0.25, 0.3) is 0 Å². The number of ether oxygens (including phenoxy) is 1. The third kappa shape index (κ3) is 21.1. The van der Waals surface area contributed by atoms with E-state index in [9.17, 15) is 48.9 Å². The van der Waals surface area contributed by atoms with Crippen LogP contribution in [0.15, 0.2) is 0 Å². The number of hydrogen-bond donors (Lipinski definition) is 9. The number of amides is 6. The van der Waals surface area contributed by atoms with Crippen LogP contribution in [0.3, 0.4) is 0 Å². The highest BCUT2D eigenvalue weighted by atomic mass is 16.5. The summed E-state index contributed by atoms with van der Waals surface area (Å²) in [6.45, 7) is 14.7. The summed E-state index contributed by atoms with van der Waals surface area (Å²) in [5.74, 6) is -6.47. The van der Waals surface area contributed by atoms with Gasteiger partial charge in [0.1, 0.15) is 42.4 Å². The number of carbonyl (C=O) groups excluding carboxylic acids is 7. The molecule has 0 bridgehead atoms. The minimum absolute atomic E-state index is 0.106. The van der Waals surface area contributed by atoms with Crippen LogP contribution in [-0.4, -0.2) is 118 Å². The predicted molar refractivity (Wildman–Crippen MR) is 227 cm³/mol. The Bertz CT molecular complexity index is 1360. The van der Waals surface area contributed by atoms with Gasteiger partial charge in [0.25, 0.3) is 0 Å². The van der Waals surface area contributed by atoms with Gasteiger partial charge in [0.15, 0.2) is 0 Å². The molecule has 9 N–H and O–H groups in total. The van der Waals surface area contributed by atoms with E-state index in [4.69, 9.17) is 4.74 Å². The number of unbranched alkanes of at least 4 members (excludes halogenated alkanes) is 8. The van der Waals surface area contributed by atoms with Gasteiger partial charge in [0, 0.05) is 0 Å². The number of carbonyl (C=O) groups is 7. The van der Waals surface area contributed by atoms with Gasteiger partial charge in [0.2, 0.25) is 35.4 Å². The summed E-state index contributed by atoms with van der Waals surface area (Å²) >= 11 is 0. The molecule has 0 radical (unpaired) electrons. The van der Waals surface area contributed by atoms with Crippen molar-refractivity contribution >= 4 is 41.4 Å². The molecule has 1 aliphatic heterocycles. The van der Waals surface area contributed by atoms with E-state index in [1.807, 2.05) is 41.5 Å². The molecule has 0 unspecified atom stereocenters. The normalized spacial score (nSPS) is 23.9. The topological polar surface area (TPSA) is 262 Å². The molecule has 1 aliphatic rings. The zero-order valence-electron chi connectivity index (χ0n) is 37.6. The fourth-order valence-electron chi connectivity index (χ4n) is 6.98. The molecule has 1 saturated heterocycles. The van der Waals surface area contributed by atoms with Gasteiger partial charge in [-0.3, -0.25) is 28.8 Å². The van der Waals surface area contributed by atoms with Crippen molar-refractivity contribution in [2.24, 2.45) is 17.8 Å². The van der Waals surface area contributed by atoms with Crippen LogP contribution in [0, 0.1) is 17.8 Å². The number of esters is 1. The molecule has 0 aromatic rings. The quantitative estimate of drug-likeness (QED) is 0.0531. The number of nitrogens with one attached hydrogen (secondary N) is 6. The van der Waals surface area contributed by atoms with Gasteiger partial charge >= 0.3 is 5.97 Å². The Hall–Kier alpha value is -3.83. The van der Waals surface area contributed by atoms with Crippen molar-refractivity contribution in [2.45, 2.75) is 207 Å². The van der Waals surface area contributed by atoms with Crippen molar-refractivity contribution in [1.82, 2.24) is 31.9 Å². The zero-order valence-corrected chi connectivity index (χ0v) is 37.6. The summed E-state index contributed by atoms with van der Waals surface area (Å²) in [4.78, 5) is 95.2. The molecule has 0 spiro atoms. The van der Waals surface area contributed by atoms with Crippen LogP contribution >= 0.6 is 0 Å². The predicted octanol–water partition coefficient (Wildman–Crippen LogP) is 2.02. The molecule has 60 heavy (non-hydrogen) atoms. The van der Waals surface area contributed by atoms with Crippen molar-refractivity contribution in [2.75, 3.05) is 6.61 Å². The van der Waals surface area contributed by atoms with E-state index in [-0.39, 0.29) is 43.4 Å². The Balaban J connectivity index is 3.38. The largest absolute Gasteiger partial charge is 0.458 e. The minimum atomic E-state index is -1.70. The van der Waals surface area contributed by atoms with Gasteiger partial charge in [-0.15, -0.1) is 0 Å². The summed E-state index contributed by atoms with van der Waals surface area (Å²) < 4.78 is 5.72. The Morgan fingerprint density at radius 1 is 0.683 bits per heavy atom. The van der Waals surface area contributed by atoms with Crippen LogP contribution in [-0.2, 0) is 38.3 Å². The van der Waals surface area contributed by atoms with E-state index in [1.165, 1.54) is 46.0 Å². The van der Waals surface area contributed by atoms with E-state index in [0.29, 0.717) is 6.42 Å². The summed E-state index contributed by atoms with van der Waals surface area (Å²) in [7, 11) is 0. The van der Waals surface area contributed by atoms with Crippen molar-refractivity contribution < 1.29 is 53.6 Å². The first-order chi connectivity index (χ1) is 28.2. The molecular weight excluding hydrogens is 777 g/mol.